The molecular formula is C112H95BN4. The first-order chi connectivity index (χ1) is 56.5. The van der Waals surface area contributed by atoms with E-state index in [1.165, 1.54) is 127 Å². The molecule has 2 aliphatic heterocycles. The molecule has 2 aromatic heterocycles. The van der Waals surface area contributed by atoms with Gasteiger partial charge in [0, 0.05) is 67.0 Å². The van der Waals surface area contributed by atoms with Crippen molar-refractivity contribution in [2.45, 2.75) is 105 Å². The third-order valence-corrected chi connectivity index (χ3v) is 24.9. The zero-order valence-corrected chi connectivity index (χ0v) is 68.9. The lowest BCUT2D eigenvalue weighted by atomic mass is 9.33. The molecule has 0 amide bonds. The molecule has 4 heterocycles. The Hall–Kier alpha value is -13.2. The summed E-state index contributed by atoms with van der Waals surface area (Å²) in [4.78, 5) is 5.25. The van der Waals surface area contributed by atoms with E-state index in [9.17, 15) is 0 Å². The minimum absolute atomic E-state index is 0.0910. The Morgan fingerprint density at radius 1 is 0.188 bits per heavy atom. The zero-order chi connectivity index (χ0) is 80.0. The summed E-state index contributed by atoms with van der Waals surface area (Å²) in [6.07, 6.45) is 0. The summed E-state index contributed by atoms with van der Waals surface area (Å²) in [5.41, 5.74) is 38.5. The minimum Gasteiger partial charge on any atom is -0.311 e. The van der Waals surface area contributed by atoms with Crippen LogP contribution in [0.25, 0.3) is 133 Å². The first-order valence-corrected chi connectivity index (χ1v) is 41.5. The fraction of sp³-hybridized carbons (Fsp3) is 0.143. The molecule has 117 heavy (non-hydrogen) atoms. The van der Waals surface area contributed by atoms with Crippen LogP contribution in [0.2, 0.25) is 0 Å². The normalized spacial score (nSPS) is 12.9. The third kappa shape index (κ3) is 12.9. The highest BCUT2D eigenvalue weighted by atomic mass is 15.2. The lowest BCUT2D eigenvalue weighted by Gasteiger charge is -2.44. The summed E-state index contributed by atoms with van der Waals surface area (Å²) in [5.74, 6) is 0. The number of nitrogens with zero attached hydrogens (tertiary/aromatic N) is 4. The fourth-order valence-electron chi connectivity index (χ4n) is 18.4. The number of hydrogen-bond donors (Lipinski definition) is 0. The van der Waals surface area contributed by atoms with Crippen LogP contribution in [0.1, 0.15) is 105 Å². The SMILES string of the molecule is CC(C)(C)c1ccc2c3ccc(C(C)(C)C)cc3n(-c3ccc4c(c3)N(c3ccc(-c5cc(-c6ccccc6)cc(-c6ccccc6)c5)cc3)c3cc(-c5ccccc5)cc5c3B4c3ccc(-n4c6cc(C(C)(C)C)ccc6c6ccc(C(C)(C)C)cc64)cc3N5c3ccc(-c4cc(-c5ccccc5)cc(-c5ccccc5)c4)cc3)c2c1. The molecule has 16 aromatic carbocycles. The first-order valence-electron chi connectivity index (χ1n) is 41.5. The van der Waals surface area contributed by atoms with Crippen LogP contribution in [-0.2, 0) is 21.7 Å². The molecule has 0 unspecified atom stereocenters. The topological polar surface area (TPSA) is 16.3 Å². The Balaban J connectivity index is 0.865. The van der Waals surface area contributed by atoms with E-state index in [-0.39, 0.29) is 28.4 Å². The van der Waals surface area contributed by atoms with E-state index < -0.39 is 0 Å². The van der Waals surface area contributed by atoms with Crippen LogP contribution in [-0.4, -0.2) is 15.8 Å². The van der Waals surface area contributed by atoms with E-state index in [2.05, 4.69) is 460 Å². The predicted octanol–water partition coefficient (Wildman–Crippen LogP) is 28.8. The van der Waals surface area contributed by atoms with Gasteiger partial charge in [-0.1, -0.05) is 320 Å². The standard InChI is InChI=1S/C112H95BN4/c1-109(2,3)86-42-52-94-95-53-43-87(110(4,5)6)67-101(95)116(100(94)66-86)92-50-56-98-104(70-92)114(90-46-38-77(39-47-90)83-60-79(72-28-18-13-19-29-72)58-80(61-83)73-30-20-14-21-31-73)106-64-85(76-36-26-17-27-37-76)65-107-108(106)113(98)99-57-51-93(117-102-68-88(111(7,8)9)44-54-96(102)97-55-45-89(69-103(97)117)112(10,11)12)71-105(99)115(107)91-48-40-78(41-49-91)84-62-81(74-32-22-15-23-33-74)59-82(63-84)75-34-24-16-25-35-75/h13-71H,1-12H3. The molecule has 18 aromatic rings. The molecule has 5 heteroatoms. The second kappa shape index (κ2) is 27.8. The van der Waals surface area contributed by atoms with E-state index in [0.717, 1.165) is 78.9 Å². The van der Waals surface area contributed by atoms with Crippen molar-refractivity contribution in [3.05, 3.63) is 380 Å². The van der Waals surface area contributed by atoms with Gasteiger partial charge < -0.3 is 18.9 Å². The van der Waals surface area contributed by atoms with Crippen LogP contribution in [0.5, 0.6) is 0 Å². The first kappa shape index (κ1) is 72.7. The molecule has 0 spiro atoms. The van der Waals surface area contributed by atoms with Crippen molar-refractivity contribution in [2.75, 3.05) is 9.80 Å². The van der Waals surface area contributed by atoms with Crippen molar-refractivity contribution in [2.24, 2.45) is 0 Å². The Labute approximate surface area is 689 Å². The minimum atomic E-state index is -0.218. The Morgan fingerprint density at radius 3 is 0.667 bits per heavy atom. The molecule has 0 atom stereocenters. The Morgan fingerprint density at radius 2 is 0.419 bits per heavy atom. The second-order valence-corrected chi connectivity index (χ2v) is 36.6. The van der Waals surface area contributed by atoms with Crippen LogP contribution in [0.4, 0.5) is 34.1 Å². The van der Waals surface area contributed by atoms with Crippen LogP contribution in [0.3, 0.4) is 0 Å². The summed E-state index contributed by atoms with van der Waals surface area (Å²) in [6.45, 7) is 27.8. The molecule has 0 radical (unpaired) electrons. The van der Waals surface area contributed by atoms with Crippen LogP contribution in [0.15, 0.2) is 358 Å². The van der Waals surface area contributed by atoms with Crippen LogP contribution >= 0.6 is 0 Å². The van der Waals surface area contributed by atoms with Gasteiger partial charge in [-0.2, -0.15) is 0 Å². The highest BCUT2D eigenvalue weighted by Gasteiger charge is 2.45. The van der Waals surface area contributed by atoms with E-state index in [1.54, 1.807) is 0 Å². The van der Waals surface area contributed by atoms with Crippen LogP contribution < -0.4 is 26.2 Å². The molecule has 0 N–H and O–H groups in total. The molecule has 0 saturated heterocycles. The maximum atomic E-state index is 2.62. The maximum absolute atomic E-state index is 2.62. The van der Waals surface area contributed by atoms with Crippen LogP contribution in [0, 0.1) is 0 Å². The van der Waals surface area contributed by atoms with Gasteiger partial charge in [-0.05, 0) is 260 Å². The summed E-state index contributed by atoms with van der Waals surface area (Å²) in [5, 5.41) is 4.97. The van der Waals surface area contributed by atoms with Gasteiger partial charge in [-0.3, -0.25) is 0 Å². The monoisotopic (exact) mass is 1510 g/mol. The van der Waals surface area contributed by atoms with Gasteiger partial charge in [-0.15, -0.1) is 0 Å². The molecule has 0 saturated carbocycles. The van der Waals surface area contributed by atoms with Crippen molar-refractivity contribution in [3.8, 4) is 89.3 Å². The smallest absolute Gasteiger partial charge is 0.252 e. The van der Waals surface area contributed by atoms with Gasteiger partial charge in [-0.25, -0.2) is 0 Å². The molecule has 4 nitrogen and oxygen atoms in total. The number of benzene rings is 16. The van der Waals surface area contributed by atoms with Crippen molar-refractivity contribution in [3.63, 3.8) is 0 Å². The van der Waals surface area contributed by atoms with Gasteiger partial charge >= 0.3 is 0 Å². The number of fused-ring (bicyclic) bond motifs is 10. The lowest BCUT2D eigenvalue weighted by molar-refractivity contribution is 0.590. The van der Waals surface area contributed by atoms with Gasteiger partial charge in [0.15, 0.2) is 0 Å². The average molecular weight is 1510 g/mol. The van der Waals surface area contributed by atoms with Crippen molar-refractivity contribution in [1.82, 2.24) is 9.13 Å². The number of anilines is 6. The summed E-state index contributed by atoms with van der Waals surface area (Å²) in [7, 11) is 0. The maximum Gasteiger partial charge on any atom is 0.252 e. The zero-order valence-electron chi connectivity index (χ0n) is 68.9. The van der Waals surface area contributed by atoms with Crippen molar-refractivity contribution < 1.29 is 0 Å². The van der Waals surface area contributed by atoms with E-state index in [4.69, 9.17) is 0 Å². The van der Waals surface area contributed by atoms with E-state index in [0.29, 0.717) is 0 Å². The average Bonchev–Trinajstić information content (AvgIpc) is 1.04. The fourth-order valence-corrected chi connectivity index (χ4v) is 18.4. The molecular weight excluding hydrogens is 1410 g/mol. The molecule has 0 aliphatic carbocycles. The highest BCUT2D eigenvalue weighted by Crippen LogP contribution is 2.50. The van der Waals surface area contributed by atoms with E-state index in [1.807, 2.05) is 0 Å². The number of aromatic nitrogens is 2. The predicted molar refractivity (Wildman–Crippen MR) is 502 cm³/mol. The lowest BCUT2D eigenvalue weighted by Crippen LogP contribution is -2.61. The Bertz CT molecular complexity index is 6270. The Kier molecular flexibility index (Phi) is 17.3. The van der Waals surface area contributed by atoms with Crippen molar-refractivity contribution in [1.29, 1.82) is 0 Å². The highest BCUT2D eigenvalue weighted by molar-refractivity contribution is 7.00. The number of hydrogen-bond acceptors (Lipinski definition) is 2. The molecule has 2 aliphatic rings. The molecule has 20 rings (SSSR count). The van der Waals surface area contributed by atoms with Gasteiger partial charge in [0.2, 0.25) is 0 Å². The van der Waals surface area contributed by atoms with E-state index >= 15 is 0 Å². The largest absolute Gasteiger partial charge is 0.311 e. The van der Waals surface area contributed by atoms with Gasteiger partial charge in [0.05, 0.1) is 22.1 Å². The quantitative estimate of drug-likeness (QED) is 0.120. The molecule has 566 valence electrons. The summed E-state index contributed by atoms with van der Waals surface area (Å²) in [6, 6.07) is 136. The molecule has 0 fully saturated rings. The molecule has 0 bridgehead atoms. The van der Waals surface area contributed by atoms with Gasteiger partial charge in [0.25, 0.3) is 6.71 Å². The van der Waals surface area contributed by atoms with Gasteiger partial charge in [0.1, 0.15) is 0 Å². The van der Waals surface area contributed by atoms with Crippen molar-refractivity contribution >= 4 is 101 Å². The summed E-state index contributed by atoms with van der Waals surface area (Å²) < 4.78 is 5.16. The number of rotatable bonds is 11. The second-order valence-electron chi connectivity index (χ2n) is 36.6. The third-order valence-electron chi connectivity index (χ3n) is 24.9. The summed E-state index contributed by atoms with van der Waals surface area (Å²) >= 11 is 0.